The molecule has 1 N–H and O–H groups in total. The van der Waals surface area contributed by atoms with E-state index in [9.17, 15) is 4.79 Å². The van der Waals surface area contributed by atoms with Crippen LogP contribution in [0.2, 0.25) is 0 Å². The molecule has 3 nitrogen and oxygen atoms in total. The standard InChI is InChI=1S/C25H27NO2/c1-19-10-14-22(15-11-19)25(21-7-4-3-5-8-21)26-24(27)9-6-18-28-23-16-12-20(2)13-17-23/h3-5,7-8,10-17,25H,6,9,18H2,1-2H3,(H,26,27)/t25-/m0/s1. The molecule has 0 saturated heterocycles. The van der Waals surface area contributed by atoms with Gasteiger partial charge in [0.05, 0.1) is 12.6 Å². The van der Waals surface area contributed by atoms with Crippen molar-refractivity contribution in [2.24, 2.45) is 0 Å². The molecule has 0 spiro atoms. The fraction of sp³-hybridized carbons (Fsp3) is 0.240. The SMILES string of the molecule is Cc1ccc(OCCCC(=O)N[C@@H](c2ccccc2)c2ccc(C)cc2)cc1. The maximum Gasteiger partial charge on any atom is 0.220 e. The molecule has 0 heterocycles. The molecular weight excluding hydrogens is 346 g/mol. The first-order chi connectivity index (χ1) is 13.6. The monoisotopic (exact) mass is 373 g/mol. The van der Waals surface area contributed by atoms with Crippen LogP contribution >= 0.6 is 0 Å². The molecule has 3 heteroatoms. The van der Waals surface area contributed by atoms with E-state index >= 15 is 0 Å². The summed E-state index contributed by atoms with van der Waals surface area (Å²) < 4.78 is 5.72. The number of benzene rings is 3. The lowest BCUT2D eigenvalue weighted by Crippen LogP contribution is -2.29. The van der Waals surface area contributed by atoms with Gasteiger partial charge >= 0.3 is 0 Å². The van der Waals surface area contributed by atoms with Gasteiger partial charge in [0.25, 0.3) is 0 Å². The number of aryl methyl sites for hydroxylation is 2. The quantitative estimate of drug-likeness (QED) is 0.539. The number of ether oxygens (including phenoxy) is 1. The summed E-state index contributed by atoms with van der Waals surface area (Å²) in [6, 6.07) is 26.2. The smallest absolute Gasteiger partial charge is 0.220 e. The van der Waals surface area contributed by atoms with Crippen molar-refractivity contribution in [1.82, 2.24) is 5.32 Å². The van der Waals surface area contributed by atoms with Crippen LogP contribution in [-0.4, -0.2) is 12.5 Å². The average Bonchev–Trinajstić information content (AvgIpc) is 2.72. The van der Waals surface area contributed by atoms with Crippen molar-refractivity contribution in [3.63, 3.8) is 0 Å². The Morgan fingerprint density at radius 1 is 0.821 bits per heavy atom. The molecule has 0 radical (unpaired) electrons. The predicted octanol–water partition coefficient (Wildman–Crippen LogP) is 5.37. The van der Waals surface area contributed by atoms with Crippen molar-refractivity contribution in [2.75, 3.05) is 6.61 Å². The van der Waals surface area contributed by atoms with Crippen molar-refractivity contribution in [3.8, 4) is 5.75 Å². The summed E-state index contributed by atoms with van der Waals surface area (Å²) in [7, 11) is 0. The average molecular weight is 373 g/mol. The Hall–Kier alpha value is -3.07. The highest BCUT2D eigenvalue weighted by molar-refractivity contribution is 5.77. The van der Waals surface area contributed by atoms with Gasteiger partial charge in [-0.15, -0.1) is 0 Å². The Balaban J connectivity index is 1.56. The predicted molar refractivity (Wildman–Crippen MR) is 114 cm³/mol. The summed E-state index contributed by atoms with van der Waals surface area (Å²) in [6.07, 6.45) is 1.11. The number of nitrogens with one attached hydrogen (secondary N) is 1. The Morgan fingerprint density at radius 3 is 2.04 bits per heavy atom. The summed E-state index contributed by atoms with van der Waals surface area (Å²) in [5.41, 5.74) is 4.57. The van der Waals surface area contributed by atoms with Gasteiger partial charge in [-0.2, -0.15) is 0 Å². The lowest BCUT2D eigenvalue weighted by atomic mass is 9.97. The van der Waals surface area contributed by atoms with Crippen molar-refractivity contribution in [1.29, 1.82) is 0 Å². The van der Waals surface area contributed by atoms with Crippen LogP contribution in [0.15, 0.2) is 78.9 Å². The Morgan fingerprint density at radius 2 is 1.39 bits per heavy atom. The third-order valence-corrected chi connectivity index (χ3v) is 4.69. The largest absolute Gasteiger partial charge is 0.494 e. The summed E-state index contributed by atoms with van der Waals surface area (Å²) in [4.78, 5) is 12.6. The zero-order valence-electron chi connectivity index (χ0n) is 16.5. The summed E-state index contributed by atoms with van der Waals surface area (Å²) in [5.74, 6) is 0.870. The zero-order chi connectivity index (χ0) is 19.8. The first kappa shape index (κ1) is 19.7. The van der Waals surface area contributed by atoms with Crippen LogP contribution in [0.25, 0.3) is 0 Å². The van der Waals surface area contributed by atoms with Crippen LogP contribution in [0.3, 0.4) is 0 Å². The maximum atomic E-state index is 12.6. The highest BCUT2D eigenvalue weighted by Crippen LogP contribution is 2.22. The maximum absolute atomic E-state index is 12.6. The Labute approximate surface area is 167 Å². The second-order valence-corrected chi connectivity index (χ2v) is 7.09. The molecule has 0 saturated carbocycles. The number of rotatable bonds is 8. The fourth-order valence-corrected chi connectivity index (χ4v) is 3.05. The summed E-state index contributed by atoms with van der Waals surface area (Å²) in [6.45, 7) is 4.64. The Kier molecular flexibility index (Phi) is 6.85. The molecule has 0 fully saturated rings. The van der Waals surface area contributed by atoms with Gasteiger partial charge < -0.3 is 10.1 Å². The highest BCUT2D eigenvalue weighted by Gasteiger charge is 2.16. The van der Waals surface area contributed by atoms with E-state index in [0.29, 0.717) is 19.4 Å². The van der Waals surface area contributed by atoms with Crippen LogP contribution in [0.1, 0.15) is 41.1 Å². The molecule has 0 aliphatic heterocycles. The van der Waals surface area contributed by atoms with E-state index in [2.05, 4.69) is 36.5 Å². The lowest BCUT2D eigenvalue weighted by Gasteiger charge is -2.20. The van der Waals surface area contributed by atoms with Gasteiger partial charge in [-0.3, -0.25) is 4.79 Å². The molecule has 3 aromatic rings. The molecule has 0 bridgehead atoms. The number of carbonyl (C=O) groups excluding carboxylic acids is 1. The minimum Gasteiger partial charge on any atom is -0.494 e. The topological polar surface area (TPSA) is 38.3 Å². The van der Waals surface area contributed by atoms with Crippen LogP contribution in [0, 0.1) is 13.8 Å². The van der Waals surface area contributed by atoms with E-state index in [4.69, 9.17) is 4.74 Å². The molecule has 28 heavy (non-hydrogen) atoms. The van der Waals surface area contributed by atoms with Crippen molar-refractivity contribution < 1.29 is 9.53 Å². The van der Waals surface area contributed by atoms with Crippen LogP contribution in [0.4, 0.5) is 0 Å². The molecular formula is C25H27NO2. The van der Waals surface area contributed by atoms with Gasteiger partial charge in [0.15, 0.2) is 0 Å². The van der Waals surface area contributed by atoms with Crippen molar-refractivity contribution >= 4 is 5.91 Å². The second kappa shape index (κ2) is 9.75. The number of carbonyl (C=O) groups is 1. The molecule has 1 atom stereocenters. The van der Waals surface area contributed by atoms with Crippen LogP contribution < -0.4 is 10.1 Å². The fourth-order valence-electron chi connectivity index (χ4n) is 3.05. The van der Waals surface area contributed by atoms with Gasteiger partial charge in [0.2, 0.25) is 5.91 Å². The first-order valence-corrected chi connectivity index (χ1v) is 9.72. The molecule has 3 rings (SSSR count). The first-order valence-electron chi connectivity index (χ1n) is 9.72. The van der Waals surface area contributed by atoms with E-state index < -0.39 is 0 Å². The minimum absolute atomic E-state index is 0.0296. The third-order valence-electron chi connectivity index (χ3n) is 4.69. The molecule has 0 unspecified atom stereocenters. The number of hydrogen-bond donors (Lipinski definition) is 1. The molecule has 0 aromatic heterocycles. The van der Waals surface area contributed by atoms with Gasteiger partial charge in [-0.25, -0.2) is 0 Å². The van der Waals surface area contributed by atoms with E-state index in [-0.39, 0.29) is 11.9 Å². The lowest BCUT2D eigenvalue weighted by molar-refractivity contribution is -0.121. The van der Waals surface area contributed by atoms with Gasteiger partial charge in [-0.1, -0.05) is 77.9 Å². The van der Waals surface area contributed by atoms with Crippen molar-refractivity contribution in [2.45, 2.75) is 32.7 Å². The minimum atomic E-state index is -0.146. The summed E-state index contributed by atoms with van der Waals surface area (Å²) >= 11 is 0. The van der Waals surface area contributed by atoms with Crippen molar-refractivity contribution in [3.05, 3.63) is 101 Å². The van der Waals surface area contributed by atoms with E-state index in [1.165, 1.54) is 11.1 Å². The molecule has 3 aromatic carbocycles. The molecule has 1 amide bonds. The summed E-state index contributed by atoms with van der Waals surface area (Å²) in [5, 5.41) is 3.18. The van der Waals surface area contributed by atoms with Crippen LogP contribution in [-0.2, 0) is 4.79 Å². The zero-order valence-corrected chi connectivity index (χ0v) is 16.5. The number of amides is 1. The van der Waals surface area contributed by atoms with Gasteiger partial charge in [-0.05, 0) is 43.5 Å². The normalized spacial score (nSPS) is 11.6. The molecule has 0 aliphatic rings. The molecule has 144 valence electrons. The van der Waals surface area contributed by atoms with E-state index in [0.717, 1.165) is 16.9 Å². The van der Waals surface area contributed by atoms with Crippen LogP contribution in [0.5, 0.6) is 5.75 Å². The second-order valence-electron chi connectivity index (χ2n) is 7.09. The van der Waals surface area contributed by atoms with Gasteiger partial charge in [0, 0.05) is 6.42 Å². The van der Waals surface area contributed by atoms with Gasteiger partial charge in [0.1, 0.15) is 5.75 Å². The number of hydrogen-bond acceptors (Lipinski definition) is 2. The Bertz CT molecular complexity index is 871. The van der Waals surface area contributed by atoms with E-state index in [1.807, 2.05) is 61.5 Å². The molecule has 0 aliphatic carbocycles. The third kappa shape index (κ3) is 5.71. The van der Waals surface area contributed by atoms with E-state index in [1.54, 1.807) is 0 Å². The highest BCUT2D eigenvalue weighted by atomic mass is 16.5.